The number of aromatic hydroxyl groups is 3. The second-order valence-corrected chi connectivity index (χ2v) is 19.0. The first kappa shape index (κ1) is 59.0. The molecule has 3 saturated heterocycles. The minimum atomic E-state index is -2.11. The molecule has 3 aliphatic rings. The SMILES string of the molecule is C=C[C@@](C)(O)CCC=C(C)C(=O)O[C@H]1[C@H](Oc2cc(O)c3c(=O)c(O[C@@H]4O[C@H](CO)[C@@H](O)[C@H](O)[C@H]4O[C@@H]4O[C@H](COC(=O)C=Cc5ccc(O)c(OC)c5)[C@@H](O)[C@H](O)[C@H]4O)c(-c4ccc(O)cc4)oc3c2)O[C@@H](C)[C@H](O)[C@H]1O. The van der Waals surface area contributed by atoms with Crippen LogP contribution in [0.4, 0.5) is 0 Å². The summed E-state index contributed by atoms with van der Waals surface area (Å²) in [5.41, 5.74) is -2.20. The fourth-order valence-electron chi connectivity index (χ4n) is 8.48. The molecule has 0 saturated carbocycles. The number of benzene rings is 3. The average Bonchev–Trinajstić information content (AvgIpc) is 3.59. The average molecular weight is 1100 g/mol. The quantitative estimate of drug-likeness (QED) is 0.0341. The van der Waals surface area contributed by atoms with E-state index < -0.39 is 157 Å². The number of carbonyl (C=O) groups is 2. The Bertz CT molecular complexity index is 2880. The summed E-state index contributed by atoms with van der Waals surface area (Å²) in [4.78, 5) is 40.7. The van der Waals surface area contributed by atoms with Gasteiger partial charge in [-0.05, 0) is 81.7 Å². The molecule has 0 aliphatic carbocycles. The number of hydrogen-bond donors (Lipinski definition) is 12. The van der Waals surface area contributed by atoms with Crippen molar-refractivity contribution in [2.24, 2.45) is 0 Å². The summed E-state index contributed by atoms with van der Waals surface area (Å²) >= 11 is 0. The molecule has 3 aliphatic heterocycles. The lowest BCUT2D eigenvalue weighted by molar-refractivity contribution is -0.358. The van der Waals surface area contributed by atoms with Crippen LogP contribution >= 0.6 is 0 Å². The molecule has 424 valence electrons. The standard InChI is InChI=1S/C53H62O25/c1-6-53(4,68)17-7-8-23(2)49(67)76-47-42(64)37(59)24(3)71-51(47)72-28-19-30(57)36-32(20-28)73-45(26-11-13-27(55)14-12-26)46(40(36)62)77-52-48(43(65)38(60)33(21-54)74-52)78-50-44(66)41(63)39(61)34(75-50)22-70-35(58)16-10-25-9-15-29(56)31(18-25)69-5/h6,8-16,18-20,24,33-34,37-39,41-44,47-48,50-52,54-57,59-61,63-66,68H,1,7,17,21-22H2,2-5H3/t24-,33+,34+,37-,38+,39+,41-,42+,43-,44+,47+,48+,50-,51-,52-,53+/m0/s1. The van der Waals surface area contributed by atoms with E-state index in [0.29, 0.717) is 5.56 Å². The predicted molar refractivity (Wildman–Crippen MR) is 267 cm³/mol. The van der Waals surface area contributed by atoms with Crippen LogP contribution in [0.2, 0.25) is 0 Å². The zero-order valence-electron chi connectivity index (χ0n) is 42.4. The Kier molecular flexibility index (Phi) is 18.9. The minimum Gasteiger partial charge on any atom is -0.508 e. The van der Waals surface area contributed by atoms with E-state index in [0.717, 1.165) is 18.2 Å². The summed E-state index contributed by atoms with van der Waals surface area (Å²) in [6.45, 7) is 6.25. The highest BCUT2D eigenvalue weighted by molar-refractivity contribution is 5.89. The van der Waals surface area contributed by atoms with E-state index in [9.17, 15) is 75.7 Å². The number of phenolic OH excluding ortho intramolecular Hbond substituents is 3. The third-order valence-electron chi connectivity index (χ3n) is 13.2. The van der Waals surface area contributed by atoms with Gasteiger partial charge in [0.05, 0.1) is 25.4 Å². The van der Waals surface area contributed by atoms with Gasteiger partial charge in [0.1, 0.15) is 89.8 Å². The number of hydrogen-bond acceptors (Lipinski definition) is 25. The van der Waals surface area contributed by atoms with Crippen molar-refractivity contribution in [3.8, 4) is 45.8 Å². The van der Waals surface area contributed by atoms with E-state index in [2.05, 4.69) is 6.58 Å². The number of aliphatic hydroxyl groups excluding tert-OH is 8. The number of methoxy groups -OCH3 is 1. The number of esters is 2. The highest BCUT2D eigenvalue weighted by atomic mass is 16.8. The van der Waals surface area contributed by atoms with Gasteiger partial charge in [-0.25, -0.2) is 9.59 Å². The molecule has 7 rings (SSSR count). The molecule has 25 nitrogen and oxygen atoms in total. The Balaban J connectivity index is 1.17. The molecule has 0 radical (unpaired) electrons. The van der Waals surface area contributed by atoms with Gasteiger partial charge in [-0.15, -0.1) is 6.58 Å². The van der Waals surface area contributed by atoms with Crippen LogP contribution in [0.5, 0.6) is 34.5 Å². The third kappa shape index (κ3) is 13.2. The van der Waals surface area contributed by atoms with E-state index in [1.165, 1.54) is 88.6 Å². The summed E-state index contributed by atoms with van der Waals surface area (Å²) in [7, 11) is 1.33. The van der Waals surface area contributed by atoms with E-state index in [1.807, 2.05) is 0 Å². The van der Waals surface area contributed by atoms with Crippen LogP contribution < -0.4 is 19.6 Å². The molecule has 12 N–H and O–H groups in total. The van der Waals surface area contributed by atoms with Crippen molar-refractivity contribution < 1.29 is 118 Å². The molecule has 0 amide bonds. The van der Waals surface area contributed by atoms with Gasteiger partial charge in [0.25, 0.3) is 0 Å². The summed E-state index contributed by atoms with van der Waals surface area (Å²) in [6.07, 6.45) is -21.7. The summed E-state index contributed by atoms with van der Waals surface area (Å²) in [5, 5.41) is 129. The molecule has 4 aromatic rings. The highest BCUT2D eigenvalue weighted by Gasteiger charge is 2.52. The summed E-state index contributed by atoms with van der Waals surface area (Å²) < 4.78 is 57.4. The number of fused-ring (bicyclic) bond motifs is 1. The third-order valence-corrected chi connectivity index (χ3v) is 13.2. The normalized spacial score (nSPS) is 30.3. The first-order chi connectivity index (χ1) is 36.9. The Morgan fingerprint density at radius 3 is 2.13 bits per heavy atom. The van der Waals surface area contributed by atoms with Crippen LogP contribution in [-0.2, 0) is 38.0 Å². The minimum absolute atomic E-state index is 0.0309. The molecule has 16 atom stereocenters. The van der Waals surface area contributed by atoms with Gasteiger partial charge in [-0.3, -0.25) is 4.79 Å². The zero-order chi connectivity index (χ0) is 56.9. The van der Waals surface area contributed by atoms with Gasteiger partial charge < -0.3 is 108 Å². The van der Waals surface area contributed by atoms with E-state index >= 15 is 0 Å². The molecule has 3 fully saturated rings. The van der Waals surface area contributed by atoms with Gasteiger partial charge >= 0.3 is 11.9 Å². The second kappa shape index (κ2) is 25.0. The first-order valence-electron chi connectivity index (χ1n) is 24.4. The zero-order valence-corrected chi connectivity index (χ0v) is 42.4. The fourth-order valence-corrected chi connectivity index (χ4v) is 8.48. The lowest BCUT2D eigenvalue weighted by atomic mass is 9.97. The van der Waals surface area contributed by atoms with Crippen LogP contribution in [0.25, 0.3) is 28.4 Å². The number of carbonyl (C=O) groups excluding carboxylic acids is 2. The number of rotatable bonds is 19. The van der Waals surface area contributed by atoms with E-state index in [1.54, 1.807) is 0 Å². The maximum absolute atomic E-state index is 14.7. The van der Waals surface area contributed by atoms with Crippen molar-refractivity contribution in [3.05, 3.63) is 101 Å². The Hall–Kier alpha value is -6.69. The van der Waals surface area contributed by atoms with Crippen molar-refractivity contribution >= 4 is 29.0 Å². The number of ether oxygens (including phenoxy) is 9. The van der Waals surface area contributed by atoms with Crippen LogP contribution in [0, 0.1) is 0 Å². The lowest BCUT2D eigenvalue weighted by Gasteiger charge is -2.45. The summed E-state index contributed by atoms with van der Waals surface area (Å²) in [5.74, 6) is -4.46. The topological polar surface area (TPSA) is 390 Å². The van der Waals surface area contributed by atoms with Crippen LogP contribution in [0.1, 0.15) is 39.2 Å². The maximum atomic E-state index is 14.7. The Labute approximate surface area is 444 Å². The van der Waals surface area contributed by atoms with Crippen molar-refractivity contribution in [2.45, 2.75) is 131 Å². The lowest BCUT2D eigenvalue weighted by Crippen LogP contribution is -2.65. The molecule has 4 heterocycles. The van der Waals surface area contributed by atoms with Crippen molar-refractivity contribution in [2.75, 3.05) is 20.3 Å². The highest BCUT2D eigenvalue weighted by Crippen LogP contribution is 2.40. The molecule has 25 heteroatoms. The van der Waals surface area contributed by atoms with Gasteiger partial charge in [-0.1, -0.05) is 18.2 Å². The molecular weight excluding hydrogens is 1040 g/mol. The fraction of sp³-hybridized carbons (Fsp3) is 0.453. The molecule has 0 spiro atoms. The number of aliphatic hydroxyl groups is 9. The van der Waals surface area contributed by atoms with E-state index in [-0.39, 0.29) is 47.0 Å². The monoisotopic (exact) mass is 1100 g/mol. The number of allylic oxidation sites excluding steroid dienone is 1. The smallest absolute Gasteiger partial charge is 0.333 e. The molecule has 78 heavy (non-hydrogen) atoms. The molecular formula is C53H62O25. The van der Waals surface area contributed by atoms with Crippen LogP contribution in [0.3, 0.4) is 0 Å². The van der Waals surface area contributed by atoms with E-state index in [4.69, 9.17) is 47.0 Å². The van der Waals surface area contributed by atoms with Crippen LogP contribution in [-0.4, -0.2) is 191 Å². The predicted octanol–water partition coefficient (Wildman–Crippen LogP) is 0.273. The molecule has 1 aromatic heterocycles. The van der Waals surface area contributed by atoms with Crippen LogP contribution in [0.15, 0.2) is 94.2 Å². The largest absolute Gasteiger partial charge is 0.508 e. The molecule has 0 bridgehead atoms. The van der Waals surface area contributed by atoms with Gasteiger partial charge in [0, 0.05) is 29.3 Å². The summed E-state index contributed by atoms with van der Waals surface area (Å²) in [6, 6.07) is 11.3. The second-order valence-electron chi connectivity index (χ2n) is 19.0. The van der Waals surface area contributed by atoms with Gasteiger partial charge in [-0.2, -0.15) is 0 Å². The molecule has 3 aromatic carbocycles. The van der Waals surface area contributed by atoms with Gasteiger partial charge in [0.2, 0.25) is 23.8 Å². The van der Waals surface area contributed by atoms with Crippen molar-refractivity contribution in [3.63, 3.8) is 0 Å². The van der Waals surface area contributed by atoms with Crippen molar-refractivity contribution in [1.82, 2.24) is 0 Å². The Morgan fingerprint density at radius 2 is 1.45 bits per heavy atom. The maximum Gasteiger partial charge on any atom is 0.333 e. The number of phenols is 3. The molecule has 0 unspecified atom stereocenters. The first-order valence-corrected chi connectivity index (χ1v) is 24.4. The Morgan fingerprint density at radius 1 is 0.782 bits per heavy atom. The van der Waals surface area contributed by atoms with Gasteiger partial charge in [0.15, 0.2) is 35.8 Å². The van der Waals surface area contributed by atoms with Crippen molar-refractivity contribution in [1.29, 1.82) is 0 Å².